The van der Waals surface area contributed by atoms with Gasteiger partial charge in [-0.25, -0.2) is 0 Å². The van der Waals surface area contributed by atoms with Crippen molar-refractivity contribution in [2.75, 3.05) is 31.5 Å². The zero-order valence-electron chi connectivity index (χ0n) is 15.0. The molecule has 0 aliphatic rings. The molecule has 0 saturated carbocycles. The summed E-state index contributed by atoms with van der Waals surface area (Å²) in [5.74, 6) is 0.555. The van der Waals surface area contributed by atoms with E-state index in [2.05, 4.69) is 16.0 Å². The SMILES string of the molecule is COC[C@H](C)NC(=S)Nc1ccc(C(=O)Nc2ccc(OC)cc2)cc1. The van der Waals surface area contributed by atoms with Crippen LogP contribution in [-0.2, 0) is 4.74 Å². The van der Waals surface area contributed by atoms with Crippen LogP contribution in [0.15, 0.2) is 48.5 Å². The van der Waals surface area contributed by atoms with Crippen LogP contribution in [0.5, 0.6) is 5.75 Å². The van der Waals surface area contributed by atoms with Crippen molar-refractivity contribution in [1.82, 2.24) is 5.32 Å². The van der Waals surface area contributed by atoms with Crippen molar-refractivity contribution in [3.05, 3.63) is 54.1 Å². The molecule has 0 bridgehead atoms. The van der Waals surface area contributed by atoms with Gasteiger partial charge in [0.05, 0.1) is 13.7 Å². The number of nitrogens with one attached hydrogen (secondary N) is 3. The van der Waals surface area contributed by atoms with Crippen molar-refractivity contribution in [2.45, 2.75) is 13.0 Å². The number of amides is 1. The molecule has 2 aromatic carbocycles. The van der Waals surface area contributed by atoms with Gasteiger partial charge in [0.15, 0.2) is 5.11 Å². The standard InChI is InChI=1S/C19H23N3O3S/c1-13(12-24-2)20-19(26)22-16-6-4-14(5-7-16)18(23)21-15-8-10-17(25-3)11-9-15/h4-11,13H,12H2,1-3H3,(H,21,23)(H2,20,22,26)/t13-/m0/s1. The number of hydrogen-bond acceptors (Lipinski definition) is 4. The smallest absolute Gasteiger partial charge is 0.255 e. The average Bonchev–Trinajstić information content (AvgIpc) is 2.63. The van der Waals surface area contributed by atoms with Crippen molar-refractivity contribution in [3.8, 4) is 5.75 Å². The Balaban J connectivity index is 1.91. The summed E-state index contributed by atoms with van der Waals surface area (Å²) in [5.41, 5.74) is 2.06. The normalized spacial score (nSPS) is 11.3. The number of ether oxygens (including phenoxy) is 2. The molecule has 1 atom stereocenters. The third-order valence-corrected chi connectivity index (χ3v) is 3.77. The maximum absolute atomic E-state index is 12.3. The Kier molecular flexibility index (Phi) is 7.37. The minimum atomic E-state index is -0.184. The van der Waals surface area contributed by atoms with Gasteiger partial charge in [0.25, 0.3) is 5.91 Å². The van der Waals surface area contributed by atoms with Crippen LogP contribution in [0.3, 0.4) is 0 Å². The largest absolute Gasteiger partial charge is 0.497 e. The molecule has 0 unspecified atom stereocenters. The molecule has 2 aromatic rings. The van der Waals surface area contributed by atoms with Gasteiger partial charge in [0, 0.05) is 30.1 Å². The van der Waals surface area contributed by atoms with Crippen molar-refractivity contribution >= 4 is 34.6 Å². The molecule has 0 aliphatic heterocycles. The Morgan fingerprint density at radius 2 is 1.58 bits per heavy atom. The lowest BCUT2D eigenvalue weighted by Crippen LogP contribution is -2.38. The Labute approximate surface area is 158 Å². The summed E-state index contributed by atoms with van der Waals surface area (Å²) in [5, 5.41) is 9.54. The van der Waals surface area contributed by atoms with Crippen LogP contribution in [-0.4, -0.2) is 37.9 Å². The van der Waals surface area contributed by atoms with E-state index >= 15 is 0 Å². The zero-order chi connectivity index (χ0) is 18.9. The number of anilines is 2. The van der Waals surface area contributed by atoms with Crippen molar-refractivity contribution < 1.29 is 14.3 Å². The molecule has 138 valence electrons. The van der Waals surface area contributed by atoms with Crippen LogP contribution >= 0.6 is 12.2 Å². The molecule has 0 spiro atoms. The quantitative estimate of drug-likeness (QED) is 0.647. The predicted molar refractivity (Wildman–Crippen MR) is 108 cm³/mol. The van der Waals surface area contributed by atoms with E-state index in [-0.39, 0.29) is 11.9 Å². The van der Waals surface area contributed by atoms with E-state index in [9.17, 15) is 4.79 Å². The Morgan fingerprint density at radius 1 is 1.00 bits per heavy atom. The highest BCUT2D eigenvalue weighted by Gasteiger charge is 2.08. The van der Waals surface area contributed by atoms with Crippen molar-refractivity contribution in [3.63, 3.8) is 0 Å². The fraction of sp³-hybridized carbons (Fsp3) is 0.263. The maximum Gasteiger partial charge on any atom is 0.255 e. The second-order valence-corrected chi connectivity index (χ2v) is 6.12. The fourth-order valence-electron chi connectivity index (χ4n) is 2.27. The first-order valence-corrected chi connectivity index (χ1v) is 8.54. The van der Waals surface area contributed by atoms with Gasteiger partial charge in [-0.2, -0.15) is 0 Å². The van der Waals surface area contributed by atoms with Crippen molar-refractivity contribution in [2.24, 2.45) is 0 Å². The van der Waals surface area contributed by atoms with E-state index in [0.29, 0.717) is 23.0 Å². The minimum absolute atomic E-state index is 0.106. The molecular formula is C19H23N3O3S. The summed E-state index contributed by atoms with van der Waals surface area (Å²) in [6.45, 7) is 2.54. The highest BCUT2D eigenvalue weighted by molar-refractivity contribution is 7.80. The van der Waals surface area contributed by atoms with Gasteiger partial charge in [-0.3, -0.25) is 4.79 Å². The third-order valence-electron chi connectivity index (χ3n) is 3.55. The third kappa shape index (κ3) is 6.02. The Bertz CT molecular complexity index is 733. The number of hydrogen-bond donors (Lipinski definition) is 3. The second-order valence-electron chi connectivity index (χ2n) is 5.71. The van der Waals surface area contributed by atoms with Gasteiger partial charge in [0.1, 0.15) is 5.75 Å². The van der Waals surface area contributed by atoms with Gasteiger partial charge >= 0.3 is 0 Å². The summed E-state index contributed by atoms with van der Waals surface area (Å²) >= 11 is 5.25. The topological polar surface area (TPSA) is 71.6 Å². The van der Waals surface area contributed by atoms with E-state index in [1.165, 1.54) is 0 Å². The first kappa shape index (κ1) is 19.7. The molecule has 0 aliphatic carbocycles. The number of carbonyl (C=O) groups is 1. The number of carbonyl (C=O) groups excluding carboxylic acids is 1. The van der Waals surface area contributed by atoms with E-state index in [1.54, 1.807) is 62.8 Å². The van der Waals surface area contributed by atoms with E-state index in [1.807, 2.05) is 6.92 Å². The first-order chi connectivity index (χ1) is 12.5. The molecule has 26 heavy (non-hydrogen) atoms. The van der Waals surface area contributed by atoms with E-state index in [0.717, 1.165) is 11.4 Å². The lowest BCUT2D eigenvalue weighted by molar-refractivity contribution is 0.102. The minimum Gasteiger partial charge on any atom is -0.497 e. The summed E-state index contributed by atoms with van der Waals surface area (Å²) in [4.78, 5) is 12.3. The van der Waals surface area contributed by atoms with Crippen LogP contribution in [0.25, 0.3) is 0 Å². The van der Waals surface area contributed by atoms with Gasteiger partial charge in [-0.15, -0.1) is 0 Å². The van der Waals surface area contributed by atoms with Crippen LogP contribution in [0.4, 0.5) is 11.4 Å². The number of thiocarbonyl (C=S) groups is 1. The molecule has 0 fully saturated rings. The Hall–Kier alpha value is -2.64. The molecule has 6 nitrogen and oxygen atoms in total. The average molecular weight is 373 g/mol. The first-order valence-electron chi connectivity index (χ1n) is 8.13. The van der Waals surface area contributed by atoms with Gasteiger partial charge in [-0.1, -0.05) is 0 Å². The summed E-state index contributed by atoms with van der Waals surface area (Å²) in [6.07, 6.45) is 0. The lowest BCUT2D eigenvalue weighted by Gasteiger charge is -2.16. The molecule has 1 amide bonds. The van der Waals surface area contributed by atoms with E-state index in [4.69, 9.17) is 21.7 Å². The maximum atomic E-state index is 12.3. The predicted octanol–water partition coefficient (Wildman–Crippen LogP) is 3.27. The molecule has 3 N–H and O–H groups in total. The molecule has 0 radical (unpaired) electrons. The molecule has 2 rings (SSSR count). The van der Waals surface area contributed by atoms with Gasteiger partial charge < -0.3 is 25.4 Å². The number of methoxy groups -OCH3 is 2. The van der Waals surface area contributed by atoms with Crippen LogP contribution in [0, 0.1) is 0 Å². The highest BCUT2D eigenvalue weighted by atomic mass is 32.1. The molecule has 0 aromatic heterocycles. The molecule has 0 saturated heterocycles. The summed E-state index contributed by atoms with van der Waals surface area (Å²) in [6, 6.07) is 14.4. The molecule has 0 heterocycles. The molecule has 7 heteroatoms. The molecular weight excluding hydrogens is 350 g/mol. The van der Waals surface area contributed by atoms with E-state index < -0.39 is 0 Å². The second kappa shape index (κ2) is 9.74. The monoisotopic (exact) mass is 373 g/mol. The number of benzene rings is 2. The fourth-order valence-corrected chi connectivity index (χ4v) is 2.58. The van der Waals surface area contributed by atoms with Gasteiger partial charge in [-0.05, 0) is 67.7 Å². The zero-order valence-corrected chi connectivity index (χ0v) is 15.9. The highest BCUT2D eigenvalue weighted by Crippen LogP contribution is 2.16. The van der Waals surface area contributed by atoms with Crippen LogP contribution in [0.1, 0.15) is 17.3 Å². The Morgan fingerprint density at radius 3 is 2.15 bits per heavy atom. The van der Waals surface area contributed by atoms with Crippen molar-refractivity contribution in [1.29, 1.82) is 0 Å². The lowest BCUT2D eigenvalue weighted by atomic mass is 10.2. The number of rotatable bonds is 7. The van der Waals surface area contributed by atoms with Gasteiger partial charge in [0.2, 0.25) is 0 Å². The van der Waals surface area contributed by atoms with Crippen LogP contribution < -0.4 is 20.7 Å². The van der Waals surface area contributed by atoms with Crippen LogP contribution in [0.2, 0.25) is 0 Å². The summed E-state index contributed by atoms with van der Waals surface area (Å²) < 4.78 is 10.2. The summed E-state index contributed by atoms with van der Waals surface area (Å²) in [7, 11) is 3.24.